The lowest BCUT2D eigenvalue weighted by Crippen LogP contribution is -2.49. The number of hydrogen-bond donors (Lipinski definition) is 3. The lowest BCUT2D eigenvalue weighted by atomic mass is 10.1. The van der Waals surface area contributed by atoms with Crippen molar-refractivity contribution in [2.24, 2.45) is 0 Å². The van der Waals surface area contributed by atoms with Gasteiger partial charge in [0, 0.05) is 12.2 Å². The molecular weight excluding hydrogens is 334 g/mol. The first kappa shape index (κ1) is 15.7. The van der Waals surface area contributed by atoms with Crippen molar-refractivity contribution in [1.29, 1.82) is 0 Å². The van der Waals surface area contributed by atoms with Gasteiger partial charge < -0.3 is 15.3 Å². The van der Waals surface area contributed by atoms with E-state index >= 15 is 0 Å². The molecule has 1 aliphatic carbocycles. The molecule has 0 fully saturated rings. The predicted octanol–water partition coefficient (Wildman–Crippen LogP) is 0.435. The summed E-state index contributed by atoms with van der Waals surface area (Å²) in [7, 11) is -4.61. The van der Waals surface area contributed by atoms with Crippen LogP contribution in [-0.2, 0) is 27.8 Å². The van der Waals surface area contributed by atoms with Crippen LogP contribution in [0.5, 0.6) is 0 Å². The lowest BCUT2D eigenvalue weighted by molar-refractivity contribution is -0.134. The number of carbonyl (C=O) groups is 1. The van der Waals surface area contributed by atoms with Crippen LogP contribution in [0.15, 0.2) is 24.0 Å². The highest BCUT2D eigenvalue weighted by Gasteiger charge is 2.43. The standard InChI is InChI=1S/C13H12F2N2O5S/c14-9-3-6-1-8(2-7(6)4-10(9)15)17-11(12(18)19)5-16-13(17)23(20,21)22/h3-5,8,13,16H,1-2H2,(H,18,19)(H,20,21,22). The van der Waals surface area contributed by atoms with E-state index in [-0.39, 0.29) is 18.5 Å². The molecule has 1 unspecified atom stereocenters. The minimum Gasteiger partial charge on any atom is -0.477 e. The van der Waals surface area contributed by atoms with Crippen LogP contribution in [0.4, 0.5) is 8.78 Å². The van der Waals surface area contributed by atoms with Gasteiger partial charge in [0.15, 0.2) is 11.6 Å². The van der Waals surface area contributed by atoms with E-state index in [4.69, 9.17) is 0 Å². The van der Waals surface area contributed by atoms with E-state index in [1.807, 2.05) is 0 Å². The van der Waals surface area contributed by atoms with Gasteiger partial charge in [0.05, 0.1) is 0 Å². The van der Waals surface area contributed by atoms with Gasteiger partial charge in [-0.3, -0.25) is 4.55 Å². The van der Waals surface area contributed by atoms with Crippen molar-refractivity contribution in [2.45, 2.75) is 24.4 Å². The maximum Gasteiger partial charge on any atom is 0.353 e. The largest absolute Gasteiger partial charge is 0.477 e. The minimum atomic E-state index is -4.61. The second-order valence-corrected chi connectivity index (χ2v) is 6.85. The normalized spacial score (nSPS) is 21.1. The number of rotatable bonds is 3. The van der Waals surface area contributed by atoms with Gasteiger partial charge in [-0.25, -0.2) is 13.6 Å². The average molecular weight is 346 g/mol. The molecule has 23 heavy (non-hydrogen) atoms. The SMILES string of the molecule is O=C(O)C1=CNC(S(=O)(=O)O)N1C1Cc2cc(F)c(F)cc2C1. The second kappa shape index (κ2) is 5.17. The van der Waals surface area contributed by atoms with Crippen molar-refractivity contribution in [3.63, 3.8) is 0 Å². The molecule has 3 rings (SSSR count). The number of carboxylic acid groups (broad SMARTS) is 1. The molecule has 0 radical (unpaired) electrons. The van der Waals surface area contributed by atoms with Gasteiger partial charge in [0.2, 0.25) is 5.50 Å². The predicted molar refractivity (Wildman–Crippen MR) is 73.6 cm³/mol. The monoisotopic (exact) mass is 346 g/mol. The number of halogens is 2. The molecule has 0 saturated heterocycles. The van der Waals surface area contributed by atoms with Crippen LogP contribution in [0.25, 0.3) is 0 Å². The minimum absolute atomic E-state index is 0.130. The van der Waals surface area contributed by atoms with E-state index in [2.05, 4.69) is 5.32 Å². The van der Waals surface area contributed by atoms with Gasteiger partial charge >= 0.3 is 16.1 Å². The first-order valence-corrected chi connectivity index (χ1v) is 8.09. The lowest BCUT2D eigenvalue weighted by Gasteiger charge is -2.31. The molecule has 1 aromatic carbocycles. The summed E-state index contributed by atoms with van der Waals surface area (Å²) in [5.74, 6) is -3.43. The van der Waals surface area contributed by atoms with E-state index in [1.165, 1.54) is 0 Å². The Bertz CT molecular complexity index is 793. The first-order chi connectivity index (χ1) is 10.7. The molecule has 1 aromatic rings. The molecule has 0 saturated carbocycles. The van der Waals surface area contributed by atoms with Crippen LogP contribution in [0.3, 0.4) is 0 Å². The average Bonchev–Trinajstić information content (AvgIpc) is 3.01. The van der Waals surface area contributed by atoms with Crippen molar-refractivity contribution in [2.75, 3.05) is 0 Å². The molecular formula is C13H12F2N2O5S. The Kier molecular flexibility index (Phi) is 3.52. The number of benzene rings is 1. The van der Waals surface area contributed by atoms with E-state index in [9.17, 15) is 31.7 Å². The highest BCUT2D eigenvalue weighted by atomic mass is 32.2. The fraction of sp³-hybridized carbons (Fsp3) is 0.308. The summed E-state index contributed by atoms with van der Waals surface area (Å²) in [5.41, 5.74) is -1.05. The number of nitrogens with zero attached hydrogens (tertiary/aromatic N) is 1. The third-order valence-electron chi connectivity index (χ3n) is 3.94. The third kappa shape index (κ3) is 2.63. The fourth-order valence-corrected chi connectivity index (χ4v) is 3.82. The molecule has 0 aromatic heterocycles. The molecule has 1 aliphatic heterocycles. The molecule has 124 valence electrons. The Hall–Kier alpha value is -2.20. The summed E-state index contributed by atoms with van der Waals surface area (Å²) in [6, 6.07) is 1.36. The van der Waals surface area contributed by atoms with Gasteiger partial charge in [-0.2, -0.15) is 8.42 Å². The summed E-state index contributed by atoms with van der Waals surface area (Å²) in [6.45, 7) is 0. The first-order valence-electron chi connectivity index (χ1n) is 6.59. The maximum atomic E-state index is 13.3. The fourth-order valence-electron chi connectivity index (χ4n) is 3.01. The van der Waals surface area contributed by atoms with Crippen molar-refractivity contribution in [3.8, 4) is 0 Å². The van der Waals surface area contributed by atoms with Crippen LogP contribution in [-0.4, -0.2) is 40.5 Å². The molecule has 0 spiro atoms. The molecule has 0 bridgehead atoms. The topological polar surface area (TPSA) is 107 Å². The van der Waals surface area contributed by atoms with Crippen molar-refractivity contribution < 1.29 is 31.7 Å². The Labute approximate surface area is 130 Å². The number of nitrogens with one attached hydrogen (secondary N) is 1. The highest BCUT2D eigenvalue weighted by Crippen LogP contribution is 2.32. The van der Waals surface area contributed by atoms with Crippen molar-refractivity contribution in [1.82, 2.24) is 10.2 Å². The summed E-state index contributed by atoms with van der Waals surface area (Å²) < 4.78 is 58.8. The van der Waals surface area contributed by atoms with Gasteiger partial charge in [0.25, 0.3) is 0 Å². The molecule has 0 amide bonds. The summed E-state index contributed by atoms with van der Waals surface area (Å²) in [5, 5.41) is 11.5. The molecule has 10 heteroatoms. The van der Waals surface area contributed by atoms with Crippen LogP contribution >= 0.6 is 0 Å². The molecule has 1 heterocycles. The van der Waals surface area contributed by atoms with Gasteiger partial charge in [-0.05, 0) is 36.1 Å². The van der Waals surface area contributed by atoms with Crippen LogP contribution < -0.4 is 5.32 Å². The zero-order valence-electron chi connectivity index (χ0n) is 11.5. The number of aliphatic carboxylic acids is 1. The smallest absolute Gasteiger partial charge is 0.353 e. The molecule has 2 aliphatic rings. The maximum absolute atomic E-state index is 13.3. The highest BCUT2D eigenvalue weighted by molar-refractivity contribution is 7.86. The zero-order valence-corrected chi connectivity index (χ0v) is 12.3. The van der Waals surface area contributed by atoms with Crippen LogP contribution in [0.2, 0.25) is 0 Å². The molecule has 3 N–H and O–H groups in total. The quantitative estimate of drug-likeness (QED) is 0.682. The number of hydrogen-bond acceptors (Lipinski definition) is 5. The number of carboxylic acids is 1. The summed E-state index contributed by atoms with van der Waals surface area (Å²) in [6.07, 6.45) is 1.24. The third-order valence-corrected chi connectivity index (χ3v) is 4.87. The summed E-state index contributed by atoms with van der Waals surface area (Å²) in [4.78, 5) is 12.3. The van der Waals surface area contributed by atoms with Crippen LogP contribution in [0.1, 0.15) is 11.1 Å². The summed E-state index contributed by atoms with van der Waals surface area (Å²) >= 11 is 0. The van der Waals surface area contributed by atoms with E-state index in [0.29, 0.717) is 11.1 Å². The molecule has 1 atom stereocenters. The van der Waals surface area contributed by atoms with Gasteiger partial charge in [-0.15, -0.1) is 0 Å². The molecule has 7 nitrogen and oxygen atoms in total. The Morgan fingerprint density at radius 1 is 1.22 bits per heavy atom. The van der Waals surface area contributed by atoms with Gasteiger partial charge in [0.1, 0.15) is 5.70 Å². The van der Waals surface area contributed by atoms with E-state index in [1.54, 1.807) is 0 Å². The Balaban J connectivity index is 1.96. The van der Waals surface area contributed by atoms with E-state index < -0.39 is 39.3 Å². The van der Waals surface area contributed by atoms with E-state index in [0.717, 1.165) is 23.2 Å². The van der Waals surface area contributed by atoms with Gasteiger partial charge in [-0.1, -0.05) is 0 Å². The Morgan fingerprint density at radius 3 is 2.17 bits per heavy atom. The zero-order chi connectivity index (χ0) is 16.9. The van der Waals surface area contributed by atoms with Crippen LogP contribution in [0, 0.1) is 11.6 Å². The Morgan fingerprint density at radius 2 is 1.74 bits per heavy atom. The van der Waals surface area contributed by atoms with Crippen molar-refractivity contribution in [3.05, 3.63) is 46.8 Å². The second-order valence-electron chi connectivity index (χ2n) is 5.37. The number of fused-ring (bicyclic) bond motifs is 1. The van der Waals surface area contributed by atoms with Crippen molar-refractivity contribution >= 4 is 16.1 Å².